The first-order chi connectivity index (χ1) is 12.0. The largest absolute Gasteiger partial charge is 0.445 e. The van der Waals surface area contributed by atoms with Gasteiger partial charge in [-0.2, -0.15) is 26.3 Å². The Morgan fingerprint density at radius 1 is 1.04 bits per heavy atom. The van der Waals surface area contributed by atoms with Crippen LogP contribution in [0.4, 0.5) is 31.1 Å². The predicted molar refractivity (Wildman–Crippen MR) is 78.0 cm³/mol. The van der Waals surface area contributed by atoms with Crippen molar-refractivity contribution >= 4 is 6.09 Å². The summed E-state index contributed by atoms with van der Waals surface area (Å²) < 4.78 is 82.2. The number of aliphatic hydroxyl groups is 1. The molecule has 1 aromatic rings. The lowest BCUT2D eigenvalue weighted by atomic mass is 9.79. The van der Waals surface area contributed by atoms with Crippen molar-refractivity contribution in [3.8, 4) is 0 Å². The van der Waals surface area contributed by atoms with Gasteiger partial charge in [0.05, 0.1) is 0 Å². The van der Waals surface area contributed by atoms with Crippen LogP contribution in [0.25, 0.3) is 0 Å². The first-order valence-corrected chi connectivity index (χ1v) is 7.78. The van der Waals surface area contributed by atoms with Crippen LogP contribution in [-0.4, -0.2) is 47.1 Å². The molecule has 1 aromatic carbocycles. The molecule has 4 nitrogen and oxygen atoms in total. The van der Waals surface area contributed by atoms with Gasteiger partial charge in [-0.15, -0.1) is 0 Å². The Balaban J connectivity index is 1.96. The maximum absolute atomic E-state index is 12.9. The minimum Gasteiger partial charge on any atom is -0.445 e. The number of alkyl halides is 6. The second-order valence-corrected chi connectivity index (χ2v) is 6.06. The lowest BCUT2D eigenvalue weighted by Gasteiger charge is -2.42. The van der Waals surface area contributed by atoms with Crippen LogP contribution in [-0.2, 0) is 11.3 Å². The second kappa shape index (κ2) is 7.34. The van der Waals surface area contributed by atoms with E-state index in [0.717, 1.165) is 4.90 Å². The quantitative estimate of drug-likeness (QED) is 0.804. The van der Waals surface area contributed by atoms with Crippen molar-refractivity contribution in [3.63, 3.8) is 0 Å². The molecule has 1 aliphatic rings. The molecule has 1 N–H and O–H groups in total. The van der Waals surface area contributed by atoms with Gasteiger partial charge in [-0.3, -0.25) is 0 Å². The van der Waals surface area contributed by atoms with E-state index in [4.69, 9.17) is 4.74 Å². The molecular weight excluding hydrogens is 368 g/mol. The number of carbonyl (C=O) groups is 1. The van der Waals surface area contributed by atoms with Crippen molar-refractivity contribution in [2.75, 3.05) is 13.1 Å². The molecule has 0 aliphatic carbocycles. The van der Waals surface area contributed by atoms with Gasteiger partial charge in [0.1, 0.15) is 6.61 Å². The first kappa shape index (κ1) is 20.3. The van der Waals surface area contributed by atoms with Gasteiger partial charge in [0, 0.05) is 19.0 Å². The van der Waals surface area contributed by atoms with Crippen molar-refractivity contribution in [1.82, 2.24) is 4.90 Å². The molecule has 10 heteroatoms. The molecule has 0 aromatic heterocycles. The highest BCUT2D eigenvalue weighted by Gasteiger charge is 2.73. The summed E-state index contributed by atoms with van der Waals surface area (Å²) in [5.41, 5.74) is -4.10. The number of hydrogen-bond acceptors (Lipinski definition) is 3. The zero-order valence-corrected chi connectivity index (χ0v) is 13.5. The van der Waals surface area contributed by atoms with E-state index in [1.807, 2.05) is 0 Å². The highest BCUT2D eigenvalue weighted by molar-refractivity contribution is 5.67. The van der Waals surface area contributed by atoms with E-state index >= 15 is 0 Å². The molecular formula is C16H17F6NO3. The number of piperidine rings is 1. The van der Waals surface area contributed by atoms with Gasteiger partial charge in [-0.1, -0.05) is 30.3 Å². The number of nitrogens with zero attached hydrogens (tertiary/aromatic N) is 1. The maximum atomic E-state index is 12.9. The van der Waals surface area contributed by atoms with E-state index in [-0.39, 0.29) is 19.7 Å². The van der Waals surface area contributed by atoms with Crippen LogP contribution in [0, 0.1) is 5.92 Å². The molecule has 26 heavy (non-hydrogen) atoms. The Bertz CT molecular complexity index is 595. The van der Waals surface area contributed by atoms with Crippen LogP contribution < -0.4 is 0 Å². The van der Waals surface area contributed by atoms with Crippen LogP contribution in [0.2, 0.25) is 0 Å². The number of benzene rings is 1. The monoisotopic (exact) mass is 385 g/mol. The third-order valence-electron chi connectivity index (χ3n) is 4.41. The van der Waals surface area contributed by atoms with E-state index < -0.39 is 42.8 Å². The van der Waals surface area contributed by atoms with Gasteiger partial charge >= 0.3 is 18.4 Å². The number of carbonyl (C=O) groups excluding carboxylic acids is 1. The second-order valence-electron chi connectivity index (χ2n) is 6.06. The fourth-order valence-corrected chi connectivity index (χ4v) is 2.91. The minimum atomic E-state index is -5.86. The molecule has 0 spiro atoms. The van der Waals surface area contributed by atoms with E-state index in [0.29, 0.717) is 5.56 Å². The van der Waals surface area contributed by atoms with E-state index in [1.165, 1.54) is 0 Å². The first-order valence-electron chi connectivity index (χ1n) is 7.78. The zero-order chi connectivity index (χ0) is 19.6. The standard InChI is InChI=1S/C16H17F6NO3/c17-15(18,19)14(25,16(20,21)22)12-6-8-23(9-7-12)13(24)26-10-11-4-2-1-3-5-11/h1-5,12,25H,6-10H2. The summed E-state index contributed by atoms with van der Waals surface area (Å²) >= 11 is 0. The lowest BCUT2D eigenvalue weighted by molar-refractivity contribution is -0.387. The average Bonchev–Trinajstić information content (AvgIpc) is 2.58. The number of hydrogen-bond donors (Lipinski definition) is 1. The fraction of sp³-hybridized carbons (Fsp3) is 0.562. The van der Waals surface area contributed by atoms with E-state index in [2.05, 4.69) is 0 Å². The Labute approximate surface area is 145 Å². The molecule has 2 rings (SSSR count). The van der Waals surface area contributed by atoms with Gasteiger partial charge in [0.2, 0.25) is 0 Å². The highest BCUT2D eigenvalue weighted by Crippen LogP contribution is 2.50. The van der Waals surface area contributed by atoms with Gasteiger partial charge in [-0.25, -0.2) is 4.79 Å². The molecule has 1 fully saturated rings. The van der Waals surface area contributed by atoms with Gasteiger partial charge in [-0.05, 0) is 18.4 Å². The molecule has 0 radical (unpaired) electrons. The van der Waals surface area contributed by atoms with Crippen molar-refractivity contribution in [2.45, 2.75) is 37.4 Å². The number of amides is 1. The topological polar surface area (TPSA) is 49.8 Å². The van der Waals surface area contributed by atoms with Crippen molar-refractivity contribution in [3.05, 3.63) is 35.9 Å². The van der Waals surface area contributed by atoms with Gasteiger partial charge < -0.3 is 14.7 Å². The van der Waals surface area contributed by atoms with Crippen LogP contribution in [0.3, 0.4) is 0 Å². The Hall–Kier alpha value is -1.97. The molecule has 1 heterocycles. The number of halogens is 6. The van der Waals surface area contributed by atoms with Crippen molar-refractivity contribution in [2.24, 2.45) is 5.92 Å². The smallest absolute Gasteiger partial charge is 0.426 e. The SMILES string of the molecule is O=C(OCc1ccccc1)N1CCC(C(O)(C(F)(F)F)C(F)(F)F)CC1. The van der Waals surface area contributed by atoms with Crippen LogP contribution in [0.1, 0.15) is 18.4 Å². The Morgan fingerprint density at radius 2 is 1.54 bits per heavy atom. The highest BCUT2D eigenvalue weighted by atomic mass is 19.4. The molecule has 0 unspecified atom stereocenters. The normalized spacial score (nSPS) is 17.3. The minimum absolute atomic E-state index is 0.0609. The van der Waals surface area contributed by atoms with Gasteiger partial charge in [0.15, 0.2) is 0 Å². The molecule has 1 saturated heterocycles. The predicted octanol–water partition coefficient (Wildman–Crippen LogP) is 3.89. The molecule has 1 aliphatic heterocycles. The summed E-state index contributed by atoms with van der Waals surface area (Å²) in [5.74, 6) is -2.08. The Kier molecular flexibility index (Phi) is 5.74. The molecule has 0 bridgehead atoms. The van der Waals surface area contributed by atoms with E-state index in [1.54, 1.807) is 30.3 Å². The summed E-state index contributed by atoms with van der Waals surface area (Å²) in [6.45, 7) is -0.797. The Morgan fingerprint density at radius 3 is 2.00 bits per heavy atom. The fourth-order valence-electron chi connectivity index (χ4n) is 2.91. The maximum Gasteiger partial charge on any atom is 0.426 e. The van der Waals surface area contributed by atoms with Crippen molar-refractivity contribution < 1.29 is 41.0 Å². The molecule has 146 valence electrons. The number of rotatable bonds is 3. The summed E-state index contributed by atoms with van der Waals surface area (Å²) in [4.78, 5) is 13.0. The summed E-state index contributed by atoms with van der Waals surface area (Å²) in [5, 5.41) is 9.40. The lowest BCUT2D eigenvalue weighted by Crippen LogP contribution is -2.63. The molecule has 0 atom stereocenters. The summed E-state index contributed by atoms with van der Waals surface area (Å²) in [6, 6.07) is 8.62. The number of ether oxygens (including phenoxy) is 1. The summed E-state index contributed by atoms with van der Waals surface area (Å²) in [6.07, 6.45) is -13.8. The number of likely N-dealkylation sites (tertiary alicyclic amines) is 1. The zero-order valence-electron chi connectivity index (χ0n) is 13.5. The summed E-state index contributed by atoms with van der Waals surface area (Å²) in [7, 11) is 0. The van der Waals surface area contributed by atoms with Crippen LogP contribution in [0.5, 0.6) is 0 Å². The molecule has 1 amide bonds. The van der Waals surface area contributed by atoms with Gasteiger partial charge in [0.25, 0.3) is 5.60 Å². The molecule has 0 saturated carbocycles. The van der Waals surface area contributed by atoms with Crippen LogP contribution in [0.15, 0.2) is 30.3 Å². The average molecular weight is 385 g/mol. The van der Waals surface area contributed by atoms with E-state index in [9.17, 15) is 36.2 Å². The third-order valence-corrected chi connectivity index (χ3v) is 4.41. The third kappa shape index (κ3) is 4.05. The van der Waals surface area contributed by atoms with Crippen LogP contribution >= 0.6 is 0 Å². The van der Waals surface area contributed by atoms with Crippen molar-refractivity contribution in [1.29, 1.82) is 0 Å².